The molecule has 14 heavy (non-hydrogen) atoms. The topological polar surface area (TPSA) is 15.3 Å². The zero-order chi connectivity index (χ0) is 10.4. The number of hydrogen-bond donors (Lipinski definition) is 1. The predicted molar refractivity (Wildman–Crippen MR) is 61.4 cm³/mol. The Morgan fingerprint density at radius 2 is 1.93 bits per heavy atom. The lowest BCUT2D eigenvalue weighted by atomic mass is 10.1. The number of likely N-dealkylation sites (N-methyl/N-ethyl adjacent to an activating group) is 2. The van der Waals surface area contributed by atoms with Crippen molar-refractivity contribution < 1.29 is 0 Å². The van der Waals surface area contributed by atoms with Gasteiger partial charge < -0.3 is 10.2 Å². The monoisotopic (exact) mass is 192 g/mol. The summed E-state index contributed by atoms with van der Waals surface area (Å²) in [5.74, 6) is 0. The van der Waals surface area contributed by atoms with E-state index in [1.54, 1.807) is 0 Å². The van der Waals surface area contributed by atoms with Crippen LogP contribution in [0.1, 0.15) is 18.5 Å². The number of hydrogen-bond acceptors (Lipinski definition) is 2. The Hall–Kier alpha value is -0.860. The van der Waals surface area contributed by atoms with Crippen molar-refractivity contribution in [1.82, 2.24) is 10.2 Å². The van der Waals surface area contributed by atoms with Crippen molar-refractivity contribution in [2.45, 2.75) is 13.0 Å². The second-order valence-corrected chi connectivity index (χ2v) is 3.61. The summed E-state index contributed by atoms with van der Waals surface area (Å²) >= 11 is 0. The van der Waals surface area contributed by atoms with Gasteiger partial charge in [0.25, 0.3) is 0 Å². The third-order valence-electron chi connectivity index (χ3n) is 2.58. The molecule has 0 aliphatic rings. The molecule has 0 aromatic heterocycles. The van der Waals surface area contributed by atoms with E-state index >= 15 is 0 Å². The molecule has 1 unspecified atom stereocenters. The van der Waals surface area contributed by atoms with Crippen LogP contribution in [0.4, 0.5) is 0 Å². The summed E-state index contributed by atoms with van der Waals surface area (Å²) in [6.07, 6.45) is 0. The van der Waals surface area contributed by atoms with Gasteiger partial charge in [0, 0.05) is 12.6 Å². The van der Waals surface area contributed by atoms with Gasteiger partial charge in [-0.15, -0.1) is 0 Å². The van der Waals surface area contributed by atoms with Gasteiger partial charge in [0.1, 0.15) is 0 Å². The van der Waals surface area contributed by atoms with Crippen molar-refractivity contribution in [2.75, 3.05) is 27.2 Å². The summed E-state index contributed by atoms with van der Waals surface area (Å²) in [5.41, 5.74) is 1.36. The van der Waals surface area contributed by atoms with Crippen LogP contribution < -0.4 is 5.32 Å². The van der Waals surface area contributed by atoms with E-state index in [2.05, 4.69) is 54.5 Å². The van der Waals surface area contributed by atoms with Crippen molar-refractivity contribution in [1.29, 1.82) is 0 Å². The summed E-state index contributed by atoms with van der Waals surface area (Å²) in [7, 11) is 4.16. The van der Waals surface area contributed by atoms with Gasteiger partial charge in [-0.2, -0.15) is 0 Å². The lowest BCUT2D eigenvalue weighted by Crippen LogP contribution is -2.31. The molecule has 0 aliphatic carbocycles. The van der Waals surface area contributed by atoms with E-state index in [0.717, 1.165) is 13.1 Å². The summed E-state index contributed by atoms with van der Waals surface area (Å²) in [4.78, 5) is 2.31. The van der Waals surface area contributed by atoms with Crippen LogP contribution >= 0.6 is 0 Å². The molecule has 1 aromatic carbocycles. The van der Waals surface area contributed by atoms with Crippen molar-refractivity contribution in [2.24, 2.45) is 0 Å². The maximum atomic E-state index is 3.34. The third-order valence-corrected chi connectivity index (χ3v) is 2.58. The molecule has 0 spiro atoms. The Balaban J connectivity index is 2.63. The van der Waals surface area contributed by atoms with Gasteiger partial charge >= 0.3 is 0 Å². The average molecular weight is 192 g/mol. The molecule has 0 aliphatic heterocycles. The number of nitrogens with one attached hydrogen (secondary N) is 1. The summed E-state index contributed by atoms with van der Waals surface area (Å²) < 4.78 is 0. The van der Waals surface area contributed by atoms with Crippen LogP contribution in [0.2, 0.25) is 0 Å². The van der Waals surface area contributed by atoms with Crippen molar-refractivity contribution in [3.05, 3.63) is 35.9 Å². The highest BCUT2D eigenvalue weighted by Crippen LogP contribution is 2.12. The van der Waals surface area contributed by atoms with Gasteiger partial charge in [0.05, 0.1) is 0 Å². The average Bonchev–Trinajstić information content (AvgIpc) is 2.26. The highest BCUT2D eigenvalue weighted by atomic mass is 15.1. The number of rotatable bonds is 5. The van der Waals surface area contributed by atoms with Gasteiger partial charge in [-0.05, 0) is 26.2 Å². The molecule has 78 valence electrons. The molecule has 0 radical (unpaired) electrons. The first-order chi connectivity index (χ1) is 6.77. The van der Waals surface area contributed by atoms with Gasteiger partial charge in [-0.3, -0.25) is 0 Å². The highest BCUT2D eigenvalue weighted by Gasteiger charge is 2.09. The van der Waals surface area contributed by atoms with Gasteiger partial charge in [-0.1, -0.05) is 37.3 Å². The smallest absolute Gasteiger partial charge is 0.0446 e. The van der Waals surface area contributed by atoms with E-state index in [9.17, 15) is 0 Å². The molecule has 0 bridgehead atoms. The molecule has 2 nitrogen and oxygen atoms in total. The van der Waals surface area contributed by atoms with Crippen LogP contribution in [0, 0.1) is 0 Å². The van der Waals surface area contributed by atoms with E-state index < -0.39 is 0 Å². The Morgan fingerprint density at radius 1 is 1.29 bits per heavy atom. The zero-order valence-corrected chi connectivity index (χ0v) is 9.33. The molecule has 1 atom stereocenters. The van der Waals surface area contributed by atoms with Gasteiger partial charge in [-0.25, -0.2) is 0 Å². The van der Waals surface area contributed by atoms with Crippen LogP contribution in [0.5, 0.6) is 0 Å². The second kappa shape index (κ2) is 5.78. The standard InChI is InChI=1S/C12H20N2/c1-4-14(3)10-12(13-2)11-8-6-5-7-9-11/h5-9,12-13H,4,10H2,1-3H3. The van der Waals surface area contributed by atoms with Crippen molar-refractivity contribution >= 4 is 0 Å². The zero-order valence-electron chi connectivity index (χ0n) is 9.33. The molecule has 1 N–H and O–H groups in total. The quantitative estimate of drug-likeness (QED) is 0.766. The number of nitrogens with zero attached hydrogens (tertiary/aromatic N) is 1. The molecular weight excluding hydrogens is 172 g/mol. The Bertz CT molecular complexity index is 246. The van der Waals surface area contributed by atoms with Gasteiger partial charge in [0.15, 0.2) is 0 Å². The molecule has 0 amide bonds. The fraction of sp³-hybridized carbons (Fsp3) is 0.500. The van der Waals surface area contributed by atoms with E-state index in [1.807, 2.05) is 7.05 Å². The second-order valence-electron chi connectivity index (χ2n) is 3.61. The Morgan fingerprint density at radius 3 is 2.43 bits per heavy atom. The summed E-state index contributed by atoms with van der Waals surface area (Å²) in [5, 5.41) is 3.34. The van der Waals surface area contributed by atoms with Crippen LogP contribution in [0.3, 0.4) is 0 Å². The first-order valence-electron chi connectivity index (χ1n) is 5.18. The summed E-state index contributed by atoms with van der Waals surface area (Å²) in [6, 6.07) is 11.0. The molecule has 0 saturated carbocycles. The van der Waals surface area contributed by atoms with Crippen LogP contribution in [-0.4, -0.2) is 32.1 Å². The third kappa shape index (κ3) is 3.13. The molecule has 1 rings (SSSR count). The largest absolute Gasteiger partial charge is 0.312 e. The van der Waals surface area contributed by atoms with Crippen molar-refractivity contribution in [3.8, 4) is 0 Å². The fourth-order valence-corrected chi connectivity index (χ4v) is 1.49. The maximum Gasteiger partial charge on any atom is 0.0446 e. The van der Waals surface area contributed by atoms with E-state index in [4.69, 9.17) is 0 Å². The van der Waals surface area contributed by atoms with Crippen LogP contribution in [0.15, 0.2) is 30.3 Å². The highest BCUT2D eigenvalue weighted by molar-refractivity contribution is 5.19. The van der Waals surface area contributed by atoms with E-state index in [1.165, 1.54) is 5.56 Å². The van der Waals surface area contributed by atoms with E-state index in [0.29, 0.717) is 6.04 Å². The molecule has 2 heteroatoms. The Labute approximate surface area is 86.9 Å². The predicted octanol–water partition coefficient (Wildman–Crippen LogP) is 1.90. The normalized spacial score (nSPS) is 13.1. The minimum atomic E-state index is 0.432. The van der Waals surface area contributed by atoms with Gasteiger partial charge in [0.2, 0.25) is 0 Å². The fourth-order valence-electron chi connectivity index (χ4n) is 1.49. The van der Waals surface area contributed by atoms with Crippen LogP contribution in [0.25, 0.3) is 0 Å². The maximum absolute atomic E-state index is 3.34. The first-order valence-corrected chi connectivity index (χ1v) is 5.18. The van der Waals surface area contributed by atoms with Crippen molar-refractivity contribution in [3.63, 3.8) is 0 Å². The minimum Gasteiger partial charge on any atom is -0.312 e. The summed E-state index contributed by atoms with van der Waals surface area (Å²) in [6.45, 7) is 4.32. The molecule has 0 saturated heterocycles. The van der Waals surface area contributed by atoms with E-state index in [-0.39, 0.29) is 0 Å². The lowest BCUT2D eigenvalue weighted by Gasteiger charge is -2.22. The van der Waals surface area contributed by atoms with Crippen LogP contribution in [-0.2, 0) is 0 Å². The first kappa shape index (κ1) is 11.2. The molecular formula is C12H20N2. The number of benzene rings is 1. The molecule has 0 heterocycles. The minimum absolute atomic E-state index is 0.432. The molecule has 0 fully saturated rings. The lowest BCUT2D eigenvalue weighted by molar-refractivity contribution is 0.311. The SMILES string of the molecule is CCN(C)CC(NC)c1ccccc1. The Kier molecular flexibility index (Phi) is 4.63. The molecule has 1 aromatic rings.